The molecule has 4 aliphatic carbocycles. The predicted octanol–water partition coefficient (Wildman–Crippen LogP) is 3.55. The quantitative estimate of drug-likeness (QED) is 0.662. The minimum absolute atomic E-state index is 0. The Labute approximate surface area is 183 Å². The van der Waals surface area contributed by atoms with Crippen molar-refractivity contribution in [1.82, 2.24) is 10.6 Å². The van der Waals surface area contributed by atoms with Crippen molar-refractivity contribution in [2.45, 2.75) is 57.9 Å². The topological polar surface area (TPSA) is 70.2 Å². The van der Waals surface area contributed by atoms with Crippen LogP contribution in [0.4, 0.5) is 10.1 Å². The third-order valence-corrected chi connectivity index (χ3v) is 7.64. The Kier molecular flexibility index (Phi) is 6.08. The van der Waals surface area contributed by atoms with Crippen LogP contribution in [0.15, 0.2) is 12.1 Å². The standard InChI is InChI=1S/C23H30FN3O2.ClH/c24-21-18-3-5-25-13-17(18)1-2-19(21)27-20(28)4-6-26-22(29)23-10-14-7-15(11-23)9-16(8-14)12-23;/h1-2,14-16,25H,3-13H2,(H,26,29)(H,27,28);1H. The van der Waals surface area contributed by atoms with Crippen LogP contribution >= 0.6 is 12.4 Å². The van der Waals surface area contributed by atoms with Crippen molar-refractivity contribution in [2.75, 3.05) is 18.4 Å². The smallest absolute Gasteiger partial charge is 0.226 e. The molecule has 0 unspecified atom stereocenters. The molecule has 1 heterocycles. The third kappa shape index (κ3) is 3.96. The molecule has 0 spiro atoms. The molecule has 2 amide bonds. The fourth-order valence-corrected chi connectivity index (χ4v) is 6.71. The highest BCUT2D eigenvalue weighted by Gasteiger charge is 2.54. The predicted molar refractivity (Wildman–Crippen MR) is 116 cm³/mol. The van der Waals surface area contributed by atoms with E-state index >= 15 is 0 Å². The van der Waals surface area contributed by atoms with Crippen molar-refractivity contribution in [1.29, 1.82) is 0 Å². The summed E-state index contributed by atoms with van der Waals surface area (Å²) in [4.78, 5) is 25.3. The number of anilines is 1. The SMILES string of the molecule is Cl.O=C(CCNC(=O)C12CC3CC(CC(C3)C1)C2)Nc1ccc2c(c1F)CCNC2. The van der Waals surface area contributed by atoms with E-state index in [1.54, 1.807) is 6.07 Å². The van der Waals surface area contributed by atoms with E-state index < -0.39 is 0 Å². The van der Waals surface area contributed by atoms with E-state index in [1.807, 2.05) is 6.07 Å². The van der Waals surface area contributed by atoms with Gasteiger partial charge in [0.25, 0.3) is 0 Å². The second kappa shape index (κ2) is 8.46. The van der Waals surface area contributed by atoms with E-state index in [-0.39, 0.29) is 47.6 Å². The van der Waals surface area contributed by atoms with Gasteiger partial charge in [-0.3, -0.25) is 9.59 Å². The number of rotatable bonds is 5. The third-order valence-electron chi connectivity index (χ3n) is 7.64. The zero-order chi connectivity index (χ0) is 20.0. The molecule has 1 aromatic carbocycles. The van der Waals surface area contributed by atoms with Crippen LogP contribution in [-0.4, -0.2) is 24.9 Å². The van der Waals surface area contributed by atoms with Crippen molar-refractivity contribution < 1.29 is 14.0 Å². The lowest BCUT2D eigenvalue weighted by Gasteiger charge is -2.55. The summed E-state index contributed by atoms with van der Waals surface area (Å²) in [6.45, 7) is 1.72. The Morgan fingerprint density at radius 3 is 2.43 bits per heavy atom. The first-order valence-corrected chi connectivity index (χ1v) is 11.1. The molecule has 4 fully saturated rings. The molecule has 164 valence electrons. The molecule has 5 aliphatic rings. The number of carbonyl (C=O) groups is 2. The molecule has 0 atom stereocenters. The van der Waals surface area contributed by atoms with Gasteiger partial charge in [-0.2, -0.15) is 0 Å². The largest absolute Gasteiger partial charge is 0.355 e. The van der Waals surface area contributed by atoms with Crippen LogP contribution in [0.5, 0.6) is 0 Å². The van der Waals surface area contributed by atoms with E-state index in [1.165, 1.54) is 19.3 Å². The van der Waals surface area contributed by atoms with Gasteiger partial charge in [-0.15, -0.1) is 12.4 Å². The molecular weight excluding hydrogens is 405 g/mol. The zero-order valence-electron chi connectivity index (χ0n) is 17.3. The molecule has 7 heteroatoms. The van der Waals surface area contributed by atoms with Gasteiger partial charge in [-0.1, -0.05) is 6.07 Å². The van der Waals surface area contributed by atoms with Gasteiger partial charge in [0.15, 0.2) is 0 Å². The highest BCUT2D eigenvalue weighted by Crippen LogP contribution is 2.60. The average Bonchev–Trinajstić information content (AvgIpc) is 2.69. The second-order valence-electron chi connectivity index (χ2n) is 9.74. The normalized spacial score (nSPS) is 30.9. The van der Waals surface area contributed by atoms with Crippen molar-refractivity contribution in [2.24, 2.45) is 23.2 Å². The maximum Gasteiger partial charge on any atom is 0.226 e. The van der Waals surface area contributed by atoms with Crippen LogP contribution in [0.2, 0.25) is 0 Å². The summed E-state index contributed by atoms with van der Waals surface area (Å²) < 4.78 is 14.7. The van der Waals surface area contributed by atoms with Gasteiger partial charge in [0.1, 0.15) is 5.82 Å². The number of benzene rings is 1. The maximum atomic E-state index is 14.7. The lowest BCUT2D eigenvalue weighted by molar-refractivity contribution is -0.146. The summed E-state index contributed by atoms with van der Waals surface area (Å²) in [5.74, 6) is 1.71. The second-order valence-corrected chi connectivity index (χ2v) is 9.74. The number of nitrogens with one attached hydrogen (secondary N) is 3. The van der Waals surface area contributed by atoms with Gasteiger partial charge in [0.2, 0.25) is 11.8 Å². The molecule has 5 nitrogen and oxygen atoms in total. The summed E-state index contributed by atoms with van der Waals surface area (Å²) in [6, 6.07) is 3.50. The molecule has 4 saturated carbocycles. The summed E-state index contributed by atoms with van der Waals surface area (Å²) in [6.07, 6.45) is 7.76. The number of hydrogen-bond donors (Lipinski definition) is 3. The lowest BCUT2D eigenvalue weighted by Crippen LogP contribution is -2.53. The Morgan fingerprint density at radius 1 is 1.10 bits per heavy atom. The van der Waals surface area contributed by atoms with Crippen molar-refractivity contribution >= 4 is 29.9 Å². The van der Waals surface area contributed by atoms with Crippen LogP contribution in [-0.2, 0) is 22.6 Å². The highest BCUT2D eigenvalue weighted by molar-refractivity contribution is 5.91. The fraction of sp³-hybridized carbons (Fsp3) is 0.652. The first-order chi connectivity index (χ1) is 14.0. The molecule has 0 radical (unpaired) electrons. The highest BCUT2D eigenvalue weighted by atomic mass is 35.5. The number of amides is 2. The van der Waals surface area contributed by atoms with Crippen LogP contribution in [0.25, 0.3) is 0 Å². The molecule has 0 aromatic heterocycles. The molecule has 3 N–H and O–H groups in total. The van der Waals surface area contributed by atoms with Gasteiger partial charge in [-0.25, -0.2) is 4.39 Å². The number of hydrogen-bond acceptors (Lipinski definition) is 3. The van der Waals surface area contributed by atoms with Crippen LogP contribution < -0.4 is 16.0 Å². The molecule has 0 saturated heterocycles. The zero-order valence-corrected chi connectivity index (χ0v) is 18.1. The summed E-state index contributed by atoms with van der Waals surface area (Å²) in [5, 5.41) is 8.92. The average molecular weight is 436 g/mol. The van der Waals surface area contributed by atoms with Crippen LogP contribution in [0, 0.1) is 29.0 Å². The lowest BCUT2D eigenvalue weighted by atomic mass is 9.49. The molecule has 1 aliphatic heterocycles. The van der Waals surface area contributed by atoms with Crippen LogP contribution in [0.1, 0.15) is 56.1 Å². The van der Waals surface area contributed by atoms with E-state index in [9.17, 15) is 14.0 Å². The Hall–Kier alpha value is -1.66. The van der Waals surface area contributed by atoms with E-state index in [4.69, 9.17) is 0 Å². The number of carbonyl (C=O) groups excluding carboxylic acids is 2. The van der Waals surface area contributed by atoms with Crippen LogP contribution in [0.3, 0.4) is 0 Å². The van der Waals surface area contributed by atoms with Crippen molar-refractivity contribution in [3.8, 4) is 0 Å². The Morgan fingerprint density at radius 2 is 1.77 bits per heavy atom. The molecular formula is C23H31ClFN3O2. The molecule has 1 aromatic rings. The summed E-state index contributed by atoms with van der Waals surface area (Å²) in [7, 11) is 0. The fourth-order valence-electron chi connectivity index (χ4n) is 6.71. The minimum atomic E-state index is -0.324. The van der Waals surface area contributed by atoms with E-state index in [2.05, 4.69) is 16.0 Å². The summed E-state index contributed by atoms with van der Waals surface area (Å²) >= 11 is 0. The Bertz CT molecular complexity index is 809. The number of halogens is 2. The van der Waals surface area contributed by atoms with Gasteiger partial charge < -0.3 is 16.0 Å². The van der Waals surface area contributed by atoms with Gasteiger partial charge in [0.05, 0.1) is 5.69 Å². The van der Waals surface area contributed by atoms with Gasteiger partial charge in [0, 0.05) is 24.9 Å². The first kappa shape index (κ1) is 21.6. The van der Waals surface area contributed by atoms with Gasteiger partial charge >= 0.3 is 0 Å². The monoisotopic (exact) mass is 435 g/mol. The van der Waals surface area contributed by atoms with E-state index in [0.717, 1.165) is 49.1 Å². The van der Waals surface area contributed by atoms with E-state index in [0.29, 0.717) is 25.1 Å². The molecule has 4 bridgehead atoms. The number of fused-ring (bicyclic) bond motifs is 1. The first-order valence-electron chi connectivity index (χ1n) is 11.1. The Balaban J connectivity index is 0.00000218. The van der Waals surface area contributed by atoms with Crippen molar-refractivity contribution in [3.63, 3.8) is 0 Å². The molecule has 6 rings (SSSR count). The maximum absolute atomic E-state index is 14.7. The minimum Gasteiger partial charge on any atom is -0.355 e. The molecule has 30 heavy (non-hydrogen) atoms. The summed E-state index contributed by atoms with van der Waals surface area (Å²) in [5.41, 5.74) is 1.69. The van der Waals surface area contributed by atoms with Crippen molar-refractivity contribution in [3.05, 3.63) is 29.1 Å². The van der Waals surface area contributed by atoms with Gasteiger partial charge in [-0.05, 0) is 86.4 Å².